The predicted octanol–water partition coefficient (Wildman–Crippen LogP) is 7.99. The highest BCUT2D eigenvalue weighted by molar-refractivity contribution is 6.03. The molecule has 1 N–H and O–H groups in total. The molecule has 0 aliphatic rings. The number of aryl methyl sites for hydroxylation is 3. The zero-order chi connectivity index (χ0) is 24.1. The van der Waals surface area contributed by atoms with Crippen LogP contribution >= 0.6 is 0 Å². The van der Waals surface area contributed by atoms with Gasteiger partial charge in [-0.25, -0.2) is 0 Å². The Morgan fingerprint density at radius 1 is 0.969 bits per heavy atom. The topological polar surface area (TPSA) is 62.8 Å². The Kier molecular flexibility index (Phi) is 11.9. The highest BCUT2D eigenvalue weighted by Gasteiger charge is 2.12. The van der Waals surface area contributed by atoms with Crippen molar-refractivity contribution in [3.05, 3.63) is 82.8 Å². The summed E-state index contributed by atoms with van der Waals surface area (Å²) in [4.78, 5) is 4.30. The van der Waals surface area contributed by atoms with Crippen molar-refractivity contribution in [2.45, 2.75) is 68.2 Å². The number of nitrogens with one attached hydrogen (secondary N) is 1. The van der Waals surface area contributed by atoms with Crippen molar-refractivity contribution in [1.82, 2.24) is 10.1 Å². The first-order valence-corrected chi connectivity index (χ1v) is 11.6. The molecule has 0 amide bonds. The molecule has 3 rings (SSSR count). The lowest BCUT2D eigenvalue weighted by molar-refractivity contribution is 0.412. The average molecular weight is 434 g/mol. The molecule has 0 radical (unpaired) electrons. The molecule has 1 aromatic heterocycles. The third-order valence-electron chi connectivity index (χ3n) is 5.26. The van der Waals surface area contributed by atoms with Crippen molar-refractivity contribution in [3.8, 4) is 11.4 Å². The van der Waals surface area contributed by atoms with Gasteiger partial charge in [0.05, 0.1) is 0 Å². The van der Waals surface area contributed by atoms with Crippen LogP contribution < -0.4 is 0 Å². The fourth-order valence-electron chi connectivity index (χ4n) is 2.73. The van der Waals surface area contributed by atoms with E-state index in [1.165, 1.54) is 16.7 Å². The molecule has 0 fully saturated rings. The van der Waals surface area contributed by atoms with E-state index in [1.807, 2.05) is 52.0 Å². The minimum Gasteiger partial charge on any atom is -0.332 e. The Morgan fingerprint density at radius 2 is 1.50 bits per heavy atom. The van der Waals surface area contributed by atoms with Gasteiger partial charge in [-0.1, -0.05) is 105 Å². The molecule has 0 saturated carbocycles. The highest BCUT2D eigenvalue weighted by Crippen LogP contribution is 2.18. The largest absolute Gasteiger partial charge is 0.332 e. The Balaban J connectivity index is 0.000000388. The molecule has 0 aliphatic carbocycles. The van der Waals surface area contributed by atoms with Crippen molar-refractivity contribution in [1.29, 1.82) is 5.41 Å². The van der Waals surface area contributed by atoms with Gasteiger partial charge in [0.2, 0.25) is 5.82 Å². The summed E-state index contributed by atoms with van der Waals surface area (Å²) in [6, 6.07) is 16.6. The predicted molar refractivity (Wildman–Crippen MR) is 136 cm³/mol. The zero-order valence-electron chi connectivity index (χ0n) is 21.0. The van der Waals surface area contributed by atoms with E-state index in [0.717, 1.165) is 24.0 Å². The van der Waals surface area contributed by atoms with Crippen molar-refractivity contribution in [2.75, 3.05) is 0 Å². The quantitative estimate of drug-likeness (QED) is 0.401. The second-order valence-electron chi connectivity index (χ2n) is 7.74. The van der Waals surface area contributed by atoms with Crippen LogP contribution in [-0.4, -0.2) is 15.9 Å². The minimum absolute atomic E-state index is 0.258. The first-order chi connectivity index (χ1) is 15.3. The van der Waals surface area contributed by atoms with E-state index in [0.29, 0.717) is 11.7 Å². The molecule has 3 aromatic rings. The van der Waals surface area contributed by atoms with Gasteiger partial charge in [0.25, 0.3) is 5.89 Å². The lowest BCUT2D eigenvalue weighted by atomic mass is 9.99. The van der Waals surface area contributed by atoms with Crippen molar-refractivity contribution < 1.29 is 4.52 Å². The summed E-state index contributed by atoms with van der Waals surface area (Å²) in [5.74, 6) is 1.22. The van der Waals surface area contributed by atoms with E-state index in [1.54, 1.807) is 6.08 Å². The molecular weight excluding hydrogens is 394 g/mol. The number of benzene rings is 2. The van der Waals surface area contributed by atoms with Crippen LogP contribution in [0.25, 0.3) is 11.4 Å². The molecule has 32 heavy (non-hydrogen) atoms. The van der Waals surface area contributed by atoms with Crippen LogP contribution in [0.15, 0.2) is 64.7 Å². The van der Waals surface area contributed by atoms with Gasteiger partial charge in [-0.15, -0.1) is 0 Å². The van der Waals surface area contributed by atoms with Crippen molar-refractivity contribution in [3.63, 3.8) is 0 Å². The van der Waals surface area contributed by atoms with Gasteiger partial charge in [-0.2, -0.15) is 4.98 Å². The maximum absolute atomic E-state index is 8.07. The molecule has 1 unspecified atom stereocenters. The van der Waals surface area contributed by atoms with Gasteiger partial charge in [0.1, 0.15) is 5.71 Å². The van der Waals surface area contributed by atoms with E-state index in [9.17, 15) is 0 Å². The summed E-state index contributed by atoms with van der Waals surface area (Å²) in [5.41, 5.74) is 6.25. The monoisotopic (exact) mass is 433 g/mol. The maximum atomic E-state index is 8.07. The molecule has 0 aliphatic heterocycles. The van der Waals surface area contributed by atoms with Crippen LogP contribution in [0.2, 0.25) is 0 Å². The third kappa shape index (κ3) is 8.62. The molecule has 1 heterocycles. The Morgan fingerprint density at radius 3 is 2.00 bits per heavy atom. The fourth-order valence-corrected chi connectivity index (χ4v) is 2.73. The van der Waals surface area contributed by atoms with Gasteiger partial charge in [0, 0.05) is 5.56 Å². The molecule has 0 bridgehead atoms. The molecule has 2 aromatic carbocycles. The summed E-state index contributed by atoms with van der Waals surface area (Å²) < 4.78 is 5.20. The lowest BCUT2D eigenvalue weighted by Gasteiger charge is -2.07. The number of aromatic nitrogens is 2. The molecule has 0 spiro atoms. The molecule has 0 saturated heterocycles. The van der Waals surface area contributed by atoms with Gasteiger partial charge < -0.3 is 4.52 Å². The van der Waals surface area contributed by atoms with E-state index in [2.05, 4.69) is 62.1 Å². The second kappa shape index (κ2) is 14.1. The molecule has 172 valence electrons. The first kappa shape index (κ1) is 27.0. The molecular formula is C28H39N3O. The highest BCUT2D eigenvalue weighted by atomic mass is 16.5. The molecule has 4 nitrogen and oxygen atoms in total. The third-order valence-corrected chi connectivity index (χ3v) is 5.26. The summed E-state index contributed by atoms with van der Waals surface area (Å²) >= 11 is 0. The number of allylic oxidation sites excluding steroid dienone is 2. The molecule has 1 atom stereocenters. The van der Waals surface area contributed by atoms with Gasteiger partial charge in [-0.3, -0.25) is 5.41 Å². The maximum Gasteiger partial charge on any atom is 0.276 e. The van der Waals surface area contributed by atoms with Crippen LogP contribution in [0, 0.1) is 25.2 Å². The normalized spacial score (nSPS) is 11.6. The van der Waals surface area contributed by atoms with Gasteiger partial charge in [0.15, 0.2) is 0 Å². The van der Waals surface area contributed by atoms with Crippen LogP contribution in [0.4, 0.5) is 0 Å². The first-order valence-electron chi connectivity index (χ1n) is 11.6. The summed E-state index contributed by atoms with van der Waals surface area (Å²) in [6.45, 7) is 16.6. The number of rotatable bonds is 6. The van der Waals surface area contributed by atoms with E-state index in [-0.39, 0.29) is 11.6 Å². The standard InChI is InChI=1S/C17H21N3O.C9H12.C2H6/c1-5-12(3)13(4)10-15(18)17-19-16(20-21-17)14-8-6-11(2)7-9-14;1-3-9-6-4-8(2)5-7-9;1-2/h6-10,12,18H,5H2,1-4H3;4-7H,3H2,1-2H3;1-2H3/b13-10-,18-15?;;. The summed E-state index contributed by atoms with van der Waals surface area (Å²) in [5, 5.41) is 12.0. The van der Waals surface area contributed by atoms with E-state index in [4.69, 9.17) is 9.93 Å². The van der Waals surface area contributed by atoms with Crippen LogP contribution in [0.3, 0.4) is 0 Å². The number of nitrogens with zero attached hydrogens (tertiary/aromatic N) is 2. The summed E-state index contributed by atoms with van der Waals surface area (Å²) in [7, 11) is 0. The average Bonchev–Trinajstić information content (AvgIpc) is 3.32. The molecule has 4 heteroatoms. The van der Waals surface area contributed by atoms with E-state index >= 15 is 0 Å². The Bertz CT molecular complexity index is 967. The number of hydrogen-bond donors (Lipinski definition) is 1. The summed E-state index contributed by atoms with van der Waals surface area (Å²) in [6.07, 6.45) is 3.99. The Hall–Kier alpha value is -3.01. The van der Waals surface area contributed by atoms with E-state index < -0.39 is 0 Å². The fraction of sp³-hybridized carbons (Fsp3) is 0.393. The second-order valence-corrected chi connectivity index (χ2v) is 7.74. The zero-order valence-corrected chi connectivity index (χ0v) is 21.0. The SMILES string of the molecule is CC.CCC(C)/C(C)=C\C(=N)c1nc(-c2ccc(C)cc2)no1.CCc1ccc(C)cc1. The smallest absolute Gasteiger partial charge is 0.276 e. The van der Waals surface area contributed by atoms with Crippen molar-refractivity contribution >= 4 is 5.71 Å². The van der Waals surface area contributed by atoms with Crippen LogP contribution in [0.1, 0.15) is 70.5 Å². The van der Waals surface area contributed by atoms with Crippen molar-refractivity contribution in [2.24, 2.45) is 5.92 Å². The van der Waals surface area contributed by atoms with Crippen LogP contribution in [-0.2, 0) is 6.42 Å². The van der Waals surface area contributed by atoms with Crippen LogP contribution in [0.5, 0.6) is 0 Å². The Labute approximate surface area is 194 Å². The minimum atomic E-state index is 0.258. The van der Waals surface area contributed by atoms with Gasteiger partial charge >= 0.3 is 0 Å². The van der Waals surface area contributed by atoms with Gasteiger partial charge in [-0.05, 0) is 51.2 Å². The lowest BCUT2D eigenvalue weighted by Crippen LogP contribution is -2.01. The number of hydrogen-bond acceptors (Lipinski definition) is 4.